The predicted molar refractivity (Wildman–Crippen MR) is 98.5 cm³/mol. The fourth-order valence-corrected chi connectivity index (χ4v) is 3.77. The van der Waals surface area contributed by atoms with Crippen LogP contribution in [0.15, 0.2) is 36.7 Å². The second-order valence-electron chi connectivity index (χ2n) is 7.00. The van der Waals surface area contributed by atoms with Gasteiger partial charge in [-0.1, -0.05) is 12.1 Å². The third-order valence-corrected chi connectivity index (χ3v) is 5.19. The molecule has 1 aromatic carbocycles. The molecule has 2 amide bonds. The molecule has 0 saturated carbocycles. The van der Waals surface area contributed by atoms with Crippen LogP contribution in [0.2, 0.25) is 0 Å². The van der Waals surface area contributed by atoms with E-state index in [2.05, 4.69) is 10.00 Å². The van der Waals surface area contributed by atoms with Crippen LogP contribution in [0.5, 0.6) is 5.75 Å². The first-order valence-corrected chi connectivity index (χ1v) is 9.00. The number of amides is 2. The second kappa shape index (κ2) is 7.03. The Balaban J connectivity index is 1.47. The van der Waals surface area contributed by atoms with Crippen molar-refractivity contribution < 1.29 is 14.3 Å². The average molecular weight is 369 g/mol. The molecule has 2 saturated heterocycles. The van der Waals surface area contributed by atoms with Crippen LogP contribution in [-0.4, -0.2) is 82.7 Å². The van der Waals surface area contributed by atoms with E-state index in [1.807, 2.05) is 36.7 Å². The van der Waals surface area contributed by atoms with Crippen molar-refractivity contribution >= 4 is 11.8 Å². The first-order chi connectivity index (χ1) is 13.1. The molecule has 1 atom stereocenters. The number of aromatic nitrogens is 2. The first kappa shape index (κ1) is 17.5. The van der Waals surface area contributed by atoms with Crippen molar-refractivity contribution in [2.45, 2.75) is 12.6 Å². The number of hydrogen-bond acceptors (Lipinski definition) is 5. The fourth-order valence-electron chi connectivity index (χ4n) is 3.77. The molecule has 0 N–H and O–H groups in total. The molecular formula is C19H23N5O3. The maximum Gasteiger partial charge on any atom is 0.246 e. The predicted octanol–water partition coefficient (Wildman–Crippen LogP) is 0.366. The van der Waals surface area contributed by atoms with Gasteiger partial charge in [-0.15, -0.1) is 0 Å². The van der Waals surface area contributed by atoms with Crippen molar-refractivity contribution in [1.82, 2.24) is 24.5 Å². The number of rotatable bonds is 4. The number of fused-ring (bicyclic) bond motifs is 1. The molecule has 2 aliphatic heterocycles. The molecular weight excluding hydrogens is 346 g/mol. The summed E-state index contributed by atoms with van der Waals surface area (Å²) in [5.74, 6) is 0.810. The maximum absolute atomic E-state index is 12.4. The molecule has 0 aliphatic carbocycles. The number of carbonyl (C=O) groups is 2. The molecule has 4 rings (SSSR count). The molecule has 0 spiro atoms. The molecule has 3 heterocycles. The highest BCUT2D eigenvalue weighted by Crippen LogP contribution is 2.23. The summed E-state index contributed by atoms with van der Waals surface area (Å²) in [5, 5.41) is 4.45. The zero-order chi connectivity index (χ0) is 19.0. The summed E-state index contributed by atoms with van der Waals surface area (Å²) in [5.41, 5.74) is 1.93. The number of nitrogens with zero attached hydrogens (tertiary/aromatic N) is 5. The minimum absolute atomic E-state index is 0.0176. The van der Waals surface area contributed by atoms with Gasteiger partial charge in [0.15, 0.2) is 0 Å². The SMILES string of the molecule is COc1ccccc1-n1cc(CN2CCN3C(=O)CN(C)C(=O)[C@H]3C2)cn1. The lowest BCUT2D eigenvalue weighted by Gasteiger charge is -2.45. The van der Waals surface area contributed by atoms with Crippen LogP contribution in [-0.2, 0) is 16.1 Å². The van der Waals surface area contributed by atoms with Gasteiger partial charge in [0.1, 0.15) is 17.5 Å². The molecule has 0 unspecified atom stereocenters. The van der Waals surface area contributed by atoms with Crippen molar-refractivity contribution in [3.05, 3.63) is 42.2 Å². The van der Waals surface area contributed by atoms with Crippen molar-refractivity contribution in [3.63, 3.8) is 0 Å². The van der Waals surface area contributed by atoms with Gasteiger partial charge in [0.2, 0.25) is 11.8 Å². The molecule has 0 bridgehead atoms. The summed E-state index contributed by atoms with van der Waals surface area (Å²) in [4.78, 5) is 30.0. The number of para-hydroxylation sites is 2. The van der Waals surface area contributed by atoms with Gasteiger partial charge in [0.25, 0.3) is 0 Å². The lowest BCUT2D eigenvalue weighted by atomic mass is 10.1. The molecule has 27 heavy (non-hydrogen) atoms. The highest BCUT2D eigenvalue weighted by atomic mass is 16.5. The topological polar surface area (TPSA) is 70.9 Å². The Morgan fingerprint density at radius 2 is 2.04 bits per heavy atom. The molecule has 2 aromatic rings. The largest absolute Gasteiger partial charge is 0.494 e. The fraction of sp³-hybridized carbons (Fsp3) is 0.421. The molecule has 8 heteroatoms. The van der Waals surface area contributed by atoms with E-state index in [1.165, 1.54) is 4.90 Å². The highest BCUT2D eigenvalue weighted by Gasteiger charge is 2.41. The number of likely N-dealkylation sites (N-methyl/N-ethyl adjacent to an activating group) is 1. The number of carbonyl (C=O) groups excluding carboxylic acids is 2. The Kier molecular flexibility index (Phi) is 4.57. The minimum atomic E-state index is -0.380. The number of piperazine rings is 2. The van der Waals surface area contributed by atoms with E-state index in [0.29, 0.717) is 19.6 Å². The van der Waals surface area contributed by atoms with Gasteiger partial charge < -0.3 is 14.5 Å². The highest BCUT2D eigenvalue weighted by molar-refractivity contribution is 5.95. The Hall–Kier alpha value is -2.87. The quantitative estimate of drug-likeness (QED) is 0.779. The van der Waals surface area contributed by atoms with E-state index in [1.54, 1.807) is 23.7 Å². The van der Waals surface area contributed by atoms with Crippen molar-refractivity contribution in [2.75, 3.05) is 40.3 Å². The molecule has 8 nitrogen and oxygen atoms in total. The molecule has 2 aliphatic rings. The van der Waals surface area contributed by atoms with Gasteiger partial charge in [-0.25, -0.2) is 4.68 Å². The summed E-state index contributed by atoms with van der Waals surface area (Å²) >= 11 is 0. The van der Waals surface area contributed by atoms with E-state index in [9.17, 15) is 9.59 Å². The summed E-state index contributed by atoms with van der Waals surface area (Å²) in [6.07, 6.45) is 3.81. The van der Waals surface area contributed by atoms with E-state index in [0.717, 1.165) is 23.5 Å². The van der Waals surface area contributed by atoms with Crippen LogP contribution < -0.4 is 4.74 Å². The molecule has 1 aromatic heterocycles. The van der Waals surface area contributed by atoms with Gasteiger partial charge in [0, 0.05) is 45.0 Å². The van der Waals surface area contributed by atoms with Crippen LogP contribution in [0.1, 0.15) is 5.56 Å². The lowest BCUT2D eigenvalue weighted by Crippen LogP contribution is -2.65. The van der Waals surface area contributed by atoms with Gasteiger partial charge >= 0.3 is 0 Å². The first-order valence-electron chi connectivity index (χ1n) is 9.00. The third kappa shape index (κ3) is 3.28. The monoisotopic (exact) mass is 369 g/mol. The van der Waals surface area contributed by atoms with Crippen LogP contribution in [0.4, 0.5) is 0 Å². The summed E-state index contributed by atoms with van der Waals surface area (Å²) in [7, 11) is 3.33. The summed E-state index contributed by atoms with van der Waals surface area (Å²) in [6.45, 7) is 2.75. The third-order valence-electron chi connectivity index (χ3n) is 5.19. The normalized spacial score (nSPS) is 20.7. The van der Waals surface area contributed by atoms with Crippen molar-refractivity contribution in [3.8, 4) is 11.4 Å². The number of ether oxygens (including phenoxy) is 1. The van der Waals surface area contributed by atoms with Gasteiger partial charge in [-0.05, 0) is 12.1 Å². The van der Waals surface area contributed by atoms with Gasteiger partial charge in [-0.2, -0.15) is 5.10 Å². The number of methoxy groups -OCH3 is 1. The molecule has 0 radical (unpaired) electrons. The minimum Gasteiger partial charge on any atom is -0.494 e. The zero-order valence-corrected chi connectivity index (χ0v) is 15.5. The molecule has 2 fully saturated rings. The Labute approximate surface area is 157 Å². The lowest BCUT2D eigenvalue weighted by molar-refractivity contribution is -0.158. The van der Waals surface area contributed by atoms with E-state index < -0.39 is 0 Å². The number of hydrogen-bond donors (Lipinski definition) is 0. The zero-order valence-electron chi connectivity index (χ0n) is 15.5. The van der Waals surface area contributed by atoms with Gasteiger partial charge in [0.05, 0.1) is 19.9 Å². The average Bonchev–Trinajstić information content (AvgIpc) is 3.14. The van der Waals surface area contributed by atoms with E-state index in [4.69, 9.17) is 4.74 Å². The van der Waals surface area contributed by atoms with Crippen LogP contribution in [0, 0.1) is 0 Å². The van der Waals surface area contributed by atoms with Gasteiger partial charge in [-0.3, -0.25) is 14.5 Å². The van der Waals surface area contributed by atoms with E-state index >= 15 is 0 Å². The maximum atomic E-state index is 12.4. The second-order valence-corrected chi connectivity index (χ2v) is 7.00. The standard InChI is InChI=1S/C19H23N5O3/c1-21-13-18(25)23-8-7-22(12-16(23)19(21)26)10-14-9-20-24(11-14)15-5-3-4-6-17(15)27-2/h3-6,9,11,16H,7-8,10,12-13H2,1-2H3/t16-/m1/s1. The van der Waals surface area contributed by atoms with Crippen molar-refractivity contribution in [1.29, 1.82) is 0 Å². The van der Waals surface area contributed by atoms with E-state index in [-0.39, 0.29) is 24.4 Å². The Morgan fingerprint density at radius 1 is 1.22 bits per heavy atom. The Bertz CT molecular complexity index is 865. The molecule has 142 valence electrons. The smallest absolute Gasteiger partial charge is 0.246 e. The summed E-state index contributed by atoms with van der Waals surface area (Å²) in [6, 6.07) is 7.34. The van der Waals surface area contributed by atoms with Crippen LogP contribution in [0.3, 0.4) is 0 Å². The van der Waals surface area contributed by atoms with Crippen molar-refractivity contribution in [2.24, 2.45) is 0 Å². The van der Waals surface area contributed by atoms with Crippen LogP contribution >= 0.6 is 0 Å². The van der Waals surface area contributed by atoms with Crippen LogP contribution in [0.25, 0.3) is 5.69 Å². The Morgan fingerprint density at radius 3 is 2.85 bits per heavy atom. The number of benzene rings is 1. The summed E-state index contributed by atoms with van der Waals surface area (Å²) < 4.78 is 7.20.